The predicted molar refractivity (Wildman–Crippen MR) is 84.1 cm³/mol. The zero-order valence-electron chi connectivity index (χ0n) is 13.9. The van der Waals surface area contributed by atoms with Gasteiger partial charge in [-0.1, -0.05) is 12.1 Å². The highest BCUT2D eigenvalue weighted by molar-refractivity contribution is 5.91. The smallest absolute Gasteiger partial charge is 0.289 e. The summed E-state index contributed by atoms with van der Waals surface area (Å²) >= 11 is 0. The molecule has 0 bridgehead atoms. The van der Waals surface area contributed by atoms with Crippen molar-refractivity contribution in [2.45, 2.75) is 31.8 Å². The van der Waals surface area contributed by atoms with Crippen LogP contribution in [0.3, 0.4) is 0 Å². The maximum Gasteiger partial charge on any atom is 0.289 e. The van der Waals surface area contributed by atoms with Crippen LogP contribution in [-0.2, 0) is 9.53 Å². The van der Waals surface area contributed by atoms with Crippen LogP contribution in [0.1, 0.15) is 36.7 Å². The van der Waals surface area contributed by atoms with Gasteiger partial charge in [-0.3, -0.25) is 9.59 Å². The molecule has 0 unspecified atom stereocenters. The van der Waals surface area contributed by atoms with Crippen molar-refractivity contribution >= 4 is 11.8 Å². The van der Waals surface area contributed by atoms with E-state index >= 15 is 0 Å². The van der Waals surface area contributed by atoms with Crippen LogP contribution >= 0.6 is 0 Å². The molecule has 130 valence electrons. The summed E-state index contributed by atoms with van der Waals surface area (Å²) in [4.78, 5) is 26.0. The van der Waals surface area contributed by atoms with E-state index in [1.807, 2.05) is 4.90 Å². The van der Waals surface area contributed by atoms with E-state index in [4.69, 9.17) is 9.26 Å². The second kappa shape index (κ2) is 5.88. The molecular formula is C17H23N3O4. The van der Waals surface area contributed by atoms with Crippen molar-refractivity contribution in [3.05, 3.63) is 18.0 Å². The van der Waals surface area contributed by atoms with Crippen LogP contribution in [0.4, 0.5) is 0 Å². The normalized spacial score (nSPS) is 30.7. The van der Waals surface area contributed by atoms with E-state index in [0.717, 1.165) is 32.4 Å². The first-order valence-electron chi connectivity index (χ1n) is 8.68. The zero-order valence-corrected chi connectivity index (χ0v) is 13.9. The van der Waals surface area contributed by atoms with Gasteiger partial charge in [0.15, 0.2) is 0 Å². The fourth-order valence-electron chi connectivity index (χ4n) is 3.69. The lowest BCUT2D eigenvalue weighted by atomic mass is 9.82. The van der Waals surface area contributed by atoms with Crippen LogP contribution in [0.25, 0.3) is 0 Å². The fourth-order valence-corrected chi connectivity index (χ4v) is 3.69. The molecule has 2 saturated heterocycles. The summed E-state index contributed by atoms with van der Waals surface area (Å²) in [6.07, 6.45) is 4.43. The van der Waals surface area contributed by atoms with E-state index in [1.54, 1.807) is 6.07 Å². The minimum Gasteiger partial charge on any atom is -0.371 e. The molecular weight excluding hydrogens is 310 g/mol. The molecule has 2 amide bonds. The minimum atomic E-state index is -0.244. The molecule has 3 aliphatic rings. The van der Waals surface area contributed by atoms with Crippen LogP contribution in [0.5, 0.6) is 0 Å². The van der Waals surface area contributed by atoms with Crippen LogP contribution in [0.15, 0.2) is 16.8 Å². The van der Waals surface area contributed by atoms with Crippen molar-refractivity contribution in [3.63, 3.8) is 0 Å². The number of rotatable bonds is 4. The Morgan fingerprint density at radius 2 is 2.25 bits per heavy atom. The Balaban J connectivity index is 1.19. The van der Waals surface area contributed by atoms with Crippen molar-refractivity contribution in [3.8, 4) is 0 Å². The molecule has 3 heterocycles. The predicted octanol–water partition coefficient (Wildman–Crippen LogP) is 1.07. The third kappa shape index (κ3) is 2.92. The highest BCUT2D eigenvalue weighted by Gasteiger charge is 2.52. The molecule has 1 aromatic heterocycles. The van der Waals surface area contributed by atoms with Crippen LogP contribution < -0.4 is 5.32 Å². The standard InChI is InChI=1S/C17H23N3O4/c1-11-6-13(11)16(22)20-9-17(10-20)4-2-12(8-23-17)7-18-15(21)14-3-5-19-24-14/h3,5,11-13H,2,4,6-10H2,1H3,(H,18,21)/t11-,12-,13-/m1/s1. The van der Waals surface area contributed by atoms with Gasteiger partial charge in [0.1, 0.15) is 5.60 Å². The second-order valence-corrected chi connectivity index (χ2v) is 7.50. The maximum atomic E-state index is 12.2. The third-order valence-electron chi connectivity index (χ3n) is 5.54. The maximum absolute atomic E-state index is 12.2. The van der Waals surface area contributed by atoms with Gasteiger partial charge >= 0.3 is 0 Å². The molecule has 1 aliphatic carbocycles. The molecule has 1 spiro atoms. The zero-order chi connectivity index (χ0) is 16.7. The van der Waals surface area contributed by atoms with Crippen LogP contribution in [0.2, 0.25) is 0 Å². The van der Waals surface area contributed by atoms with Gasteiger partial charge in [-0.25, -0.2) is 0 Å². The Kier molecular flexibility index (Phi) is 3.83. The number of hydrogen-bond donors (Lipinski definition) is 1. The molecule has 1 saturated carbocycles. The number of likely N-dealkylation sites (tertiary alicyclic amines) is 1. The monoisotopic (exact) mass is 333 g/mol. The van der Waals surface area contributed by atoms with Gasteiger partial charge in [-0.2, -0.15) is 0 Å². The van der Waals surface area contributed by atoms with E-state index in [2.05, 4.69) is 17.4 Å². The second-order valence-electron chi connectivity index (χ2n) is 7.50. The molecule has 3 fully saturated rings. The lowest BCUT2D eigenvalue weighted by molar-refractivity contribution is -0.189. The van der Waals surface area contributed by atoms with Gasteiger partial charge in [0.05, 0.1) is 25.9 Å². The summed E-state index contributed by atoms with van der Waals surface area (Å²) in [5, 5.41) is 6.38. The fraction of sp³-hybridized carbons (Fsp3) is 0.706. The molecule has 0 radical (unpaired) electrons. The van der Waals surface area contributed by atoms with E-state index in [9.17, 15) is 9.59 Å². The number of ether oxygens (including phenoxy) is 1. The van der Waals surface area contributed by atoms with E-state index in [0.29, 0.717) is 30.9 Å². The average Bonchev–Trinajstić information content (AvgIpc) is 3.06. The van der Waals surface area contributed by atoms with Crippen LogP contribution in [-0.4, -0.2) is 53.7 Å². The topological polar surface area (TPSA) is 84.7 Å². The van der Waals surface area contributed by atoms with Crippen molar-refractivity contribution < 1.29 is 18.8 Å². The highest BCUT2D eigenvalue weighted by atomic mass is 16.5. The first kappa shape index (κ1) is 15.6. The summed E-state index contributed by atoms with van der Waals surface area (Å²) in [7, 11) is 0. The van der Waals surface area contributed by atoms with Gasteiger partial charge in [0.25, 0.3) is 5.91 Å². The summed E-state index contributed by atoms with van der Waals surface area (Å²) < 4.78 is 10.9. The van der Waals surface area contributed by atoms with E-state index < -0.39 is 0 Å². The number of nitrogens with zero attached hydrogens (tertiary/aromatic N) is 2. The summed E-state index contributed by atoms with van der Waals surface area (Å²) in [6, 6.07) is 1.54. The number of carbonyl (C=O) groups excluding carboxylic acids is 2. The molecule has 7 nitrogen and oxygen atoms in total. The third-order valence-corrected chi connectivity index (χ3v) is 5.54. The molecule has 7 heteroatoms. The molecule has 0 aromatic carbocycles. The summed E-state index contributed by atoms with van der Waals surface area (Å²) in [6.45, 7) is 4.78. The Hall–Kier alpha value is -1.89. The molecule has 1 aromatic rings. The van der Waals surface area contributed by atoms with Crippen molar-refractivity contribution in [1.82, 2.24) is 15.4 Å². The summed E-state index contributed by atoms with van der Waals surface area (Å²) in [5.41, 5.74) is -0.140. The first-order chi connectivity index (χ1) is 11.6. The number of amides is 2. The van der Waals surface area contributed by atoms with Gasteiger partial charge in [0.2, 0.25) is 11.7 Å². The SMILES string of the molecule is C[C@@H]1C[C@H]1C(=O)N1CC2(CC[C@H](CNC(=O)c3ccno3)CO2)C1. The largest absolute Gasteiger partial charge is 0.371 e. The van der Waals surface area contributed by atoms with Gasteiger partial charge in [0, 0.05) is 18.5 Å². The molecule has 3 atom stereocenters. The number of nitrogens with one attached hydrogen (secondary N) is 1. The minimum absolute atomic E-state index is 0.140. The summed E-state index contributed by atoms with van der Waals surface area (Å²) in [5.74, 6) is 1.40. The van der Waals surface area contributed by atoms with Gasteiger partial charge in [-0.05, 0) is 31.1 Å². The lowest BCUT2D eigenvalue weighted by Crippen LogP contribution is -2.66. The van der Waals surface area contributed by atoms with E-state index in [-0.39, 0.29) is 23.2 Å². The van der Waals surface area contributed by atoms with Crippen molar-refractivity contribution in [2.24, 2.45) is 17.8 Å². The highest BCUT2D eigenvalue weighted by Crippen LogP contribution is 2.43. The lowest BCUT2D eigenvalue weighted by Gasteiger charge is -2.53. The first-order valence-corrected chi connectivity index (χ1v) is 8.68. The molecule has 2 aliphatic heterocycles. The Bertz CT molecular complexity index is 614. The van der Waals surface area contributed by atoms with Gasteiger partial charge in [-0.15, -0.1) is 0 Å². The Morgan fingerprint density at radius 3 is 2.83 bits per heavy atom. The Morgan fingerprint density at radius 1 is 1.46 bits per heavy atom. The molecule has 4 rings (SSSR count). The van der Waals surface area contributed by atoms with Crippen LogP contribution in [0, 0.1) is 17.8 Å². The molecule has 24 heavy (non-hydrogen) atoms. The Labute approximate surface area is 140 Å². The van der Waals surface area contributed by atoms with E-state index in [1.165, 1.54) is 6.20 Å². The quantitative estimate of drug-likeness (QED) is 0.891. The number of aromatic nitrogens is 1. The van der Waals surface area contributed by atoms with Crippen molar-refractivity contribution in [2.75, 3.05) is 26.2 Å². The number of carbonyl (C=O) groups is 2. The molecule has 1 N–H and O–H groups in total. The average molecular weight is 333 g/mol. The number of hydrogen-bond acceptors (Lipinski definition) is 5. The van der Waals surface area contributed by atoms with Gasteiger partial charge < -0.3 is 19.5 Å². The van der Waals surface area contributed by atoms with Crippen molar-refractivity contribution in [1.29, 1.82) is 0 Å².